The summed E-state index contributed by atoms with van der Waals surface area (Å²) in [4.78, 5) is 12.1. The van der Waals surface area contributed by atoms with Crippen LogP contribution in [0.4, 0.5) is 0 Å². The van der Waals surface area contributed by atoms with E-state index in [2.05, 4.69) is 15.2 Å². The van der Waals surface area contributed by atoms with Gasteiger partial charge in [-0.25, -0.2) is 13.1 Å². The molecule has 2 aromatic rings. The van der Waals surface area contributed by atoms with Crippen LogP contribution in [-0.4, -0.2) is 32.6 Å². The summed E-state index contributed by atoms with van der Waals surface area (Å²) in [5.74, 6) is 0.404. The molecule has 24 heavy (non-hydrogen) atoms. The number of carbonyl (C=O) groups excluding carboxylic acids is 1. The first kappa shape index (κ1) is 18.2. The molecule has 0 radical (unpaired) electrons. The third kappa shape index (κ3) is 4.65. The molecule has 1 heterocycles. The van der Waals surface area contributed by atoms with Crippen molar-refractivity contribution >= 4 is 15.9 Å². The zero-order valence-corrected chi connectivity index (χ0v) is 14.7. The van der Waals surface area contributed by atoms with Gasteiger partial charge in [-0.05, 0) is 32.9 Å². The zero-order chi connectivity index (χ0) is 17.7. The predicted octanol–water partition coefficient (Wildman–Crippen LogP) is 1.24. The Morgan fingerprint density at radius 2 is 1.79 bits per heavy atom. The Balaban J connectivity index is 1.80. The van der Waals surface area contributed by atoms with Gasteiger partial charge in [-0.2, -0.15) is 0 Å². The van der Waals surface area contributed by atoms with Crippen LogP contribution in [0, 0.1) is 20.8 Å². The monoisotopic (exact) mass is 351 g/mol. The molecule has 0 aliphatic heterocycles. The molecule has 0 aliphatic rings. The van der Waals surface area contributed by atoms with Gasteiger partial charge >= 0.3 is 0 Å². The number of benzene rings is 1. The number of hydrogen-bond acceptors (Lipinski definition) is 5. The number of sulfonamides is 1. The Morgan fingerprint density at radius 3 is 2.38 bits per heavy atom. The summed E-state index contributed by atoms with van der Waals surface area (Å²) in [6.07, 6.45) is 0.159. The molecule has 0 saturated carbocycles. The van der Waals surface area contributed by atoms with E-state index in [-0.39, 0.29) is 30.3 Å². The minimum absolute atomic E-state index is 0.115. The van der Waals surface area contributed by atoms with Gasteiger partial charge < -0.3 is 9.84 Å². The number of rotatable bonds is 7. The first-order valence-electron chi connectivity index (χ1n) is 7.54. The summed E-state index contributed by atoms with van der Waals surface area (Å²) in [6, 6.07) is 6.57. The van der Waals surface area contributed by atoms with Gasteiger partial charge in [-0.3, -0.25) is 4.79 Å². The molecule has 1 amide bonds. The fraction of sp³-hybridized carbons (Fsp3) is 0.375. The van der Waals surface area contributed by atoms with Crippen LogP contribution >= 0.6 is 0 Å². The average Bonchev–Trinajstić information content (AvgIpc) is 2.84. The maximum Gasteiger partial charge on any atom is 0.240 e. The van der Waals surface area contributed by atoms with Crippen LogP contribution in [0.3, 0.4) is 0 Å². The fourth-order valence-electron chi connectivity index (χ4n) is 2.17. The number of nitrogens with one attached hydrogen (secondary N) is 2. The van der Waals surface area contributed by atoms with Crippen molar-refractivity contribution in [1.82, 2.24) is 15.2 Å². The summed E-state index contributed by atoms with van der Waals surface area (Å²) in [6.45, 7) is 5.72. The Bertz CT molecular complexity index is 791. The zero-order valence-electron chi connectivity index (χ0n) is 13.9. The van der Waals surface area contributed by atoms with Gasteiger partial charge in [0.25, 0.3) is 0 Å². The molecule has 0 spiro atoms. The van der Waals surface area contributed by atoms with Crippen LogP contribution in [0.5, 0.6) is 0 Å². The molecule has 8 heteroatoms. The van der Waals surface area contributed by atoms with Crippen LogP contribution in [-0.2, 0) is 21.2 Å². The van der Waals surface area contributed by atoms with Crippen molar-refractivity contribution in [3.63, 3.8) is 0 Å². The van der Waals surface area contributed by atoms with E-state index < -0.39 is 10.0 Å². The summed E-state index contributed by atoms with van der Waals surface area (Å²) >= 11 is 0. The van der Waals surface area contributed by atoms with Crippen molar-refractivity contribution in [2.24, 2.45) is 0 Å². The quantitative estimate of drug-likeness (QED) is 0.731. The first-order chi connectivity index (χ1) is 11.3. The largest absolute Gasteiger partial charge is 0.361 e. The van der Waals surface area contributed by atoms with Gasteiger partial charge in [-0.15, -0.1) is 0 Å². The van der Waals surface area contributed by atoms with Crippen LogP contribution in [0.25, 0.3) is 0 Å². The number of amides is 1. The highest BCUT2D eigenvalue weighted by Gasteiger charge is 2.15. The van der Waals surface area contributed by atoms with Crippen LogP contribution in [0.15, 0.2) is 33.7 Å². The van der Waals surface area contributed by atoms with Gasteiger partial charge in [0, 0.05) is 18.7 Å². The molecular formula is C16H21N3O4S. The first-order valence-corrected chi connectivity index (χ1v) is 9.02. The molecule has 2 rings (SSSR count). The van der Waals surface area contributed by atoms with E-state index in [0.717, 1.165) is 11.1 Å². The van der Waals surface area contributed by atoms with E-state index in [9.17, 15) is 13.2 Å². The third-order valence-corrected chi connectivity index (χ3v) is 5.07. The van der Waals surface area contributed by atoms with Crippen molar-refractivity contribution in [2.75, 3.05) is 13.1 Å². The predicted molar refractivity (Wildman–Crippen MR) is 89.1 cm³/mol. The van der Waals surface area contributed by atoms with Gasteiger partial charge in [-0.1, -0.05) is 22.9 Å². The number of aromatic nitrogens is 1. The van der Waals surface area contributed by atoms with E-state index >= 15 is 0 Å². The SMILES string of the molecule is Cc1ccc(S(=O)(=O)NCCNC(=O)Cc2c(C)noc2C)cc1. The molecule has 0 aliphatic carbocycles. The summed E-state index contributed by atoms with van der Waals surface area (Å²) in [5, 5.41) is 6.46. The van der Waals surface area contributed by atoms with E-state index in [1.807, 2.05) is 6.92 Å². The van der Waals surface area contributed by atoms with E-state index in [1.54, 1.807) is 38.1 Å². The number of carbonyl (C=O) groups is 1. The highest BCUT2D eigenvalue weighted by Crippen LogP contribution is 2.12. The van der Waals surface area contributed by atoms with Crippen molar-refractivity contribution < 1.29 is 17.7 Å². The van der Waals surface area contributed by atoms with Crippen LogP contribution < -0.4 is 10.0 Å². The number of nitrogens with zero attached hydrogens (tertiary/aromatic N) is 1. The molecule has 0 bridgehead atoms. The van der Waals surface area contributed by atoms with Gasteiger partial charge in [0.2, 0.25) is 15.9 Å². The van der Waals surface area contributed by atoms with E-state index in [4.69, 9.17) is 4.52 Å². The molecule has 0 atom stereocenters. The molecule has 0 fully saturated rings. The van der Waals surface area contributed by atoms with Crippen LogP contribution in [0.2, 0.25) is 0 Å². The fourth-order valence-corrected chi connectivity index (χ4v) is 3.20. The Kier molecular flexibility index (Phi) is 5.74. The Morgan fingerprint density at radius 1 is 1.12 bits per heavy atom. The lowest BCUT2D eigenvalue weighted by atomic mass is 10.1. The Hall–Kier alpha value is -2.19. The molecule has 0 unspecified atom stereocenters. The summed E-state index contributed by atoms with van der Waals surface area (Å²) in [5.41, 5.74) is 2.43. The summed E-state index contributed by atoms with van der Waals surface area (Å²) < 4.78 is 31.6. The highest BCUT2D eigenvalue weighted by atomic mass is 32.2. The second kappa shape index (κ2) is 7.59. The second-order valence-electron chi connectivity index (χ2n) is 5.54. The smallest absolute Gasteiger partial charge is 0.240 e. The van der Waals surface area contributed by atoms with Gasteiger partial charge in [0.1, 0.15) is 5.76 Å². The molecular weight excluding hydrogens is 330 g/mol. The third-order valence-electron chi connectivity index (χ3n) is 3.59. The normalized spacial score (nSPS) is 11.5. The standard InChI is InChI=1S/C16H21N3O4S/c1-11-4-6-14(7-5-11)24(21,22)18-9-8-17-16(20)10-15-12(2)19-23-13(15)3/h4-7,18H,8-10H2,1-3H3,(H,17,20). The lowest BCUT2D eigenvalue weighted by Gasteiger charge is -2.08. The summed E-state index contributed by atoms with van der Waals surface area (Å²) in [7, 11) is -3.56. The van der Waals surface area contributed by atoms with Gasteiger partial charge in [0.05, 0.1) is 17.0 Å². The Labute approximate surface area is 141 Å². The number of aryl methyl sites for hydroxylation is 3. The van der Waals surface area contributed by atoms with Crippen molar-refractivity contribution in [3.8, 4) is 0 Å². The van der Waals surface area contributed by atoms with Crippen LogP contribution in [0.1, 0.15) is 22.6 Å². The van der Waals surface area contributed by atoms with Gasteiger partial charge in [0.15, 0.2) is 0 Å². The second-order valence-corrected chi connectivity index (χ2v) is 7.31. The topological polar surface area (TPSA) is 101 Å². The van der Waals surface area contributed by atoms with Crippen molar-refractivity contribution in [2.45, 2.75) is 32.1 Å². The van der Waals surface area contributed by atoms with Crippen molar-refractivity contribution in [1.29, 1.82) is 0 Å². The molecule has 130 valence electrons. The molecule has 1 aromatic heterocycles. The minimum Gasteiger partial charge on any atom is -0.361 e. The lowest BCUT2D eigenvalue weighted by Crippen LogP contribution is -2.35. The molecule has 0 saturated heterocycles. The lowest BCUT2D eigenvalue weighted by molar-refractivity contribution is -0.120. The molecule has 2 N–H and O–H groups in total. The van der Waals surface area contributed by atoms with Crippen molar-refractivity contribution in [3.05, 3.63) is 46.8 Å². The average molecular weight is 351 g/mol. The molecule has 7 nitrogen and oxygen atoms in total. The highest BCUT2D eigenvalue weighted by molar-refractivity contribution is 7.89. The van der Waals surface area contributed by atoms with E-state index in [1.165, 1.54) is 0 Å². The molecule has 1 aromatic carbocycles. The van der Waals surface area contributed by atoms with E-state index in [0.29, 0.717) is 11.5 Å². The number of hydrogen-bond donors (Lipinski definition) is 2. The minimum atomic E-state index is -3.56. The maximum absolute atomic E-state index is 12.1. The maximum atomic E-state index is 12.1.